The minimum atomic E-state index is -0.257. The van der Waals surface area contributed by atoms with Gasteiger partial charge in [0, 0.05) is 28.2 Å². The van der Waals surface area contributed by atoms with E-state index in [1.165, 1.54) is 21.9 Å². The molecular weight excluding hydrogens is 196 g/mol. The molecule has 5 heteroatoms. The maximum atomic E-state index is 11.5. The van der Waals surface area contributed by atoms with E-state index in [4.69, 9.17) is 4.42 Å². The van der Waals surface area contributed by atoms with Gasteiger partial charge >= 0.3 is 0 Å². The van der Waals surface area contributed by atoms with E-state index >= 15 is 0 Å². The van der Waals surface area contributed by atoms with Crippen LogP contribution in [0.1, 0.15) is 21.1 Å². The lowest BCUT2D eigenvalue weighted by atomic mass is 10.4. The van der Waals surface area contributed by atoms with Crippen LogP contribution in [0.5, 0.6) is 0 Å². The van der Waals surface area contributed by atoms with E-state index in [0.29, 0.717) is 0 Å². The molecule has 15 heavy (non-hydrogen) atoms. The van der Waals surface area contributed by atoms with Gasteiger partial charge in [-0.3, -0.25) is 9.59 Å². The van der Waals surface area contributed by atoms with Gasteiger partial charge in [-0.25, -0.2) is 0 Å². The van der Waals surface area contributed by atoms with Gasteiger partial charge in [0.05, 0.1) is 0 Å². The molecule has 82 valence electrons. The van der Waals surface area contributed by atoms with E-state index in [-0.39, 0.29) is 23.3 Å². The minimum absolute atomic E-state index is 0.171. The second-order valence-corrected chi connectivity index (χ2v) is 3.56. The highest BCUT2D eigenvalue weighted by Crippen LogP contribution is 2.10. The zero-order valence-corrected chi connectivity index (χ0v) is 9.27. The molecule has 0 N–H and O–H groups in total. The van der Waals surface area contributed by atoms with Crippen LogP contribution in [0.25, 0.3) is 0 Å². The van der Waals surface area contributed by atoms with Crippen molar-refractivity contribution in [2.45, 2.75) is 0 Å². The number of furan rings is 1. The van der Waals surface area contributed by atoms with Crippen LogP contribution in [0.3, 0.4) is 0 Å². The van der Waals surface area contributed by atoms with Crippen LogP contribution in [0.2, 0.25) is 0 Å². The maximum Gasteiger partial charge on any atom is 0.289 e. The Balaban J connectivity index is 2.90. The van der Waals surface area contributed by atoms with Gasteiger partial charge in [0.25, 0.3) is 11.8 Å². The first-order chi connectivity index (χ1) is 6.93. The van der Waals surface area contributed by atoms with E-state index in [1.54, 1.807) is 28.2 Å². The van der Waals surface area contributed by atoms with E-state index in [0.717, 1.165) is 0 Å². The van der Waals surface area contributed by atoms with Crippen molar-refractivity contribution in [3.05, 3.63) is 23.7 Å². The van der Waals surface area contributed by atoms with E-state index < -0.39 is 0 Å². The average Bonchev–Trinajstić information content (AvgIpc) is 2.63. The molecule has 5 nitrogen and oxygen atoms in total. The molecule has 0 aromatic carbocycles. The number of carbonyl (C=O) groups excluding carboxylic acids is 2. The van der Waals surface area contributed by atoms with Gasteiger partial charge in [-0.2, -0.15) is 0 Å². The monoisotopic (exact) mass is 210 g/mol. The smallest absolute Gasteiger partial charge is 0.289 e. The Morgan fingerprint density at radius 2 is 1.27 bits per heavy atom. The number of rotatable bonds is 2. The summed E-state index contributed by atoms with van der Waals surface area (Å²) in [5.74, 6) is -0.170. The van der Waals surface area contributed by atoms with Crippen LogP contribution >= 0.6 is 0 Å². The first-order valence-electron chi connectivity index (χ1n) is 4.46. The lowest BCUT2D eigenvalue weighted by Gasteiger charge is -2.08. The van der Waals surface area contributed by atoms with Crippen molar-refractivity contribution in [1.82, 2.24) is 9.80 Å². The summed E-state index contributed by atoms with van der Waals surface area (Å²) < 4.78 is 5.15. The highest BCUT2D eigenvalue weighted by Gasteiger charge is 2.17. The quantitative estimate of drug-likeness (QED) is 0.721. The molecule has 0 saturated heterocycles. The van der Waals surface area contributed by atoms with Crippen LogP contribution in [0.15, 0.2) is 16.5 Å². The largest absolute Gasteiger partial charge is 0.446 e. The summed E-state index contributed by atoms with van der Waals surface area (Å²) in [4.78, 5) is 25.7. The Hall–Kier alpha value is -1.78. The van der Waals surface area contributed by atoms with Crippen LogP contribution in [-0.2, 0) is 0 Å². The summed E-state index contributed by atoms with van der Waals surface area (Å²) in [5.41, 5.74) is 0. The number of hydrogen-bond donors (Lipinski definition) is 0. The molecule has 1 rings (SSSR count). The first-order valence-corrected chi connectivity index (χ1v) is 4.46. The number of hydrogen-bond acceptors (Lipinski definition) is 3. The molecule has 2 amide bonds. The molecule has 0 unspecified atom stereocenters. The fourth-order valence-corrected chi connectivity index (χ4v) is 1.01. The molecule has 0 aliphatic carbocycles. The van der Waals surface area contributed by atoms with Gasteiger partial charge in [-0.05, 0) is 12.1 Å². The number of amides is 2. The predicted octanol–water partition coefficient (Wildman–Crippen LogP) is 0.683. The topological polar surface area (TPSA) is 53.8 Å². The lowest BCUT2D eigenvalue weighted by molar-refractivity contribution is 0.0767. The fourth-order valence-electron chi connectivity index (χ4n) is 1.01. The molecule has 1 aromatic heterocycles. The van der Waals surface area contributed by atoms with Crippen molar-refractivity contribution in [2.24, 2.45) is 0 Å². The Morgan fingerprint density at radius 3 is 1.53 bits per heavy atom. The summed E-state index contributed by atoms with van der Waals surface area (Å²) in [7, 11) is 6.49. The molecule has 0 fully saturated rings. The van der Waals surface area contributed by atoms with Crippen molar-refractivity contribution in [3.8, 4) is 0 Å². The van der Waals surface area contributed by atoms with Gasteiger partial charge in [0.15, 0.2) is 11.5 Å². The third kappa shape index (κ3) is 2.37. The zero-order valence-electron chi connectivity index (χ0n) is 9.27. The normalized spacial score (nSPS) is 9.87. The highest BCUT2D eigenvalue weighted by atomic mass is 16.4. The molecule has 0 atom stereocenters. The molecular formula is C10H14N2O3. The highest BCUT2D eigenvalue weighted by molar-refractivity contribution is 5.95. The second-order valence-electron chi connectivity index (χ2n) is 3.56. The van der Waals surface area contributed by atoms with Gasteiger partial charge in [-0.1, -0.05) is 0 Å². The SMILES string of the molecule is CN(C)C(=O)c1ccc(C(=O)N(C)C)o1. The molecule has 0 spiro atoms. The summed E-state index contributed by atoms with van der Waals surface area (Å²) in [6, 6.07) is 3.00. The van der Waals surface area contributed by atoms with E-state index in [1.807, 2.05) is 0 Å². The van der Waals surface area contributed by atoms with E-state index in [9.17, 15) is 9.59 Å². The van der Waals surface area contributed by atoms with Crippen molar-refractivity contribution >= 4 is 11.8 Å². The Morgan fingerprint density at radius 1 is 0.933 bits per heavy atom. The standard InChI is InChI=1S/C10H14N2O3/c1-11(2)9(13)7-5-6-8(15-7)10(14)12(3)4/h5-6H,1-4H3. The van der Waals surface area contributed by atoms with Crippen molar-refractivity contribution in [2.75, 3.05) is 28.2 Å². The van der Waals surface area contributed by atoms with Crippen LogP contribution < -0.4 is 0 Å². The van der Waals surface area contributed by atoms with Gasteiger partial charge < -0.3 is 14.2 Å². The van der Waals surface area contributed by atoms with Gasteiger partial charge in [0.1, 0.15) is 0 Å². The molecule has 0 radical (unpaired) electrons. The van der Waals surface area contributed by atoms with Gasteiger partial charge in [0.2, 0.25) is 0 Å². The maximum absolute atomic E-state index is 11.5. The number of carbonyl (C=O) groups is 2. The van der Waals surface area contributed by atoms with Crippen molar-refractivity contribution < 1.29 is 14.0 Å². The van der Waals surface area contributed by atoms with Crippen LogP contribution in [0.4, 0.5) is 0 Å². The molecule has 1 aromatic rings. The summed E-state index contributed by atoms with van der Waals surface area (Å²) in [6.07, 6.45) is 0. The zero-order chi connectivity index (χ0) is 11.6. The first kappa shape index (κ1) is 11.3. The average molecular weight is 210 g/mol. The lowest BCUT2D eigenvalue weighted by Crippen LogP contribution is -2.22. The third-order valence-electron chi connectivity index (χ3n) is 1.84. The van der Waals surface area contributed by atoms with Crippen molar-refractivity contribution in [3.63, 3.8) is 0 Å². The summed E-state index contributed by atoms with van der Waals surface area (Å²) in [5, 5.41) is 0. The number of nitrogens with zero attached hydrogens (tertiary/aromatic N) is 2. The molecule has 0 bridgehead atoms. The van der Waals surface area contributed by atoms with E-state index in [2.05, 4.69) is 0 Å². The Kier molecular flexibility index (Phi) is 3.14. The molecule has 0 aliphatic rings. The fraction of sp³-hybridized carbons (Fsp3) is 0.400. The van der Waals surface area contributed by atoms with Crippen LogP contribution in [0, 0.1) is 0 Å². The third-order valence-corrected chi connectivity index (χ3v) is 1.84. The summed E-state index contributed by atoms with van der Waals surface area (Å²) >= 11 is 0. The van der Waals surface area contributed by atoms with Crippen LogP contribution in [-0.4, -0.2) is 49.8 Å². The second kappa shape index (κ2) is 4.16. The summed E-state index contributed by atoms with van der Waals surface area (Å²) in [6.45, 7) is 0. The minimum Gasteiger partial charge on any atom is -0.446 e. The Bertz CT molecular complexity index is 345. The molecule has 1 heterocycles. The van der Waals surface area contributed by atoms with Crippen molar-refractivity contribution in [1.29, 1.82) is 0 Å². The molecule has 0 saturated carbocycles. The predicted molar refractivity (Wildman–Crippen MR) is 54.7 cm³/mol. The Labute approximate surface area is 88.3 Å². The molecule has 0 aliphatic heterocycles. The van der Waals surface area contributed by atoms with Gasteiger partial charge in [-0.15, -0.1) is 0 Å².